The number of hydrogen-bond donors (Lipinski definition) is 1. The van der Waals surface area contributed by atoms with E-state index in [0.717, 1.165) is 57.8 Å². The topological polar surface area (TPSA) is 83.5 Å². The smallest absolute Gasteiger partial charge is 0.410 e. The van der Waals surface area contributed by atoms with Crippen molar-refractivity contribution in [3.8, 4) is 0 Å². The molecule has 2 aliphatic rings. The molecule has 0 aliphatic carbocycles. The largest absolute Gasteiger partial charge is 0.466 e. The van der Waals surface area contributed by atoms with Gasteiger partial charge in [0.1, 0.15) is 5.60 Å². The third-order valence-electron chi connectivity index (χ3n) is 5.42. The Labute approximate surface area is 204 Å². The second-order valence-corrected chi connectivity index (χ2v) is 9.14. The maximum Gasteiger partial charge on any atom is 0.410 e. The highest BCUT2D eigenvalue weighted by Gasteiger charge is 2.29. The molecule has 1 unspecified atom stereocenters. The van der Waals surface area contributed by atoms with E-state index in [0.29, 0.717) is 25.6 Å². The van der Waals surface area contributed by atoms with Crippen LogP contribution in [0.2, 0.25) is 0 Å². The molecule has 0 saturated carbocycles. The molecule has 31 heavy (non-hydrogen) atoms. The number of piperidine rings is 2. The standard InChI is InChI=1S/C22H40N4O4.HI/c1-6-23-20(25-13-10-18(11-14-25)19(27)29-7-2)24-15-17-9-8-12-26(16-17)21(28)30-22(3,4)5;/h17-18H,6-16H2,1-5H3,(H,23,24);1H. The Morgan fingerprint density at radius 3 is 2.32 bits per heavy atom. The van der Waals surface area contributed by atoms with E-state index in [1.165, 1.54) is 0 Å². The van der Waals surface area contributed by atoms with E-state index in [4.69, 9.17) is 14.5 Å². The molecule has 8 nitrogen and oxygen atoms in total. The molecule has 1 atom stereocenters. The van der Waals surface area contributed by atoms with E-state index < -0.39 is 5.60 Å². The molecule has 0 aromatic heterocycles. The number of carbonyl (C=O) groups is 2. The summed E-state index contributed by atoms with van der Waals surface area (Å²) in [6.07, 6.45) is 3.39. The molecule has 2 saturated heterocycles. The highest BCUT2D eigenvalue weighted by molar-refractivity contribution is 14.0. The molecule has 0 bridgehead atoms. The fraction of sp³-hybridized carbons (Fsp3) is 0.864. The van der Waals surface area contributed by atoms with Gasteiger partial charge in [-0.1, -0.05) is 0 Å². The Balaban J connectivity index is 0.00000480. The minimum absolute atomic E-state index is 0. The lowest BCUT2D eigenvalue weighted by Crippen LogP contribution is -2.47. The molecule has 1 N–H and O–H groups in total. The Hall–Kier alpha value is -1.26. The predicted molar refractivity (Wildman–Crippen MR) is 133 cm³/mol. The Bertz CT molecular complexity index is 601. The molecule has 1 amide bonds. The Kier molecular flexibility index (Phi) is 11.9. The second-order valence-electron chi connectivity index (χ2n) is 9.14. The fourth-order valence-corrected chi connectivity index (χ4v) is 3.93. The van der Waals surface area contributed by atoms with Crippen LogP contribution in [0.5, 0.6) is 0 Å². The molecule has 0 spiro atoms. The summed E-state index contributed by atoms with van der Waals surface area (Å²) >= 11 is 0. The van der Waals surface area contributed by atoms with E-state index in [-0.39, 0.29) is 42.0 Å². The Morgan fingerprint density at radius 1 is 1.06 bits per heavy atom. The summed E-state index contributed by atoms with van der Waals surface area (Å²) in [6.45, 7) is 14.5. The summed E-state index contributed by atoms with van der Waals surface area (Å²) in [5.41, 5.74) is -0.476. The molecule has 0 radical (unpaired) electrons. The third-order valence-corrected chi connectivity index (χ3v) is 5.42. The number of halogens is 1. The zero-order chi connectivity index (χ0) is 22.1. The van der Waals surface area contributed by atoms with Crippen LogP contribution in [0.4, 0.5) is 4.79 Å². The lowest BCUT2D eigenvalue weighted by molar-refractivity contribution is -0.149. The number of guanidine groups is 1. The van der Waals surface area contributed by atoms with Crippen LogP contribution >= 0.6 is 24.0 Å². The van der Waals surface area contributed by atoms with Gasteiger partial charge < -0.3 is 24.6 Å². The van der Waals surface area contributed by atoms with Gasteiger partial charge in [-0.15, -0.1) is 24.0 Å². The molecule has 2 heterocycles. The summed E-state index contributed by atoms with van der Waals surface area (Å²) in [4.78, 5) is 33.3. The van der Waals surface area contributed by atoms with E-state index in [2.05, 4.69) is 17.1 Å². The van der Waals surface area contributed by atoms with E-state index in [1.54, 1.807) is 0 Å². The average molecular weight is 552 g/mol. The lowest BCUT2D eigenvalue weighted by Gasteiger charge is -2.35. The number of amides is 1. The monoisotopic (exact) mass is 552 g/mol. The number of esters is 1. The molecular weight excluding hydrogens is 511 g/mol. The van der Waals surface area contributed by atoms with E-state index >= 15 is 0 Å². The number of hydrogen-bond acceptors (Lipinski definition) is 5. The predicted octanol–water partition coefficient (Wildman–Crippen LogP) is 3.49. The van der Waals surface area contributed by atoms with Crippen molar-refractivity contribution in [2.45, 2.75) is 65.9 Å². The molecule has 2 fully saturated rings. The number of ether oxygens (including phenoxy) is 2. The molecule has 2 aliphatic heterocycles. The number of nitrogens with one attached hydrogen (secondary N) is 1. The van der Waals surface area contributed by atoms with Crippen LogP contribution in [-0.2, 0) is 14.3 Å². The molecule has 2 rings (SSSR count). The van der Waals surface area contributed by atoms with Crippen molar-refractivity contribution < 1.29 is 19.1 Å². The van der Waals surface area contributed by atoms with Gasteiger partial charge in [0.15, 0.2) is 5.96 Å². The maximum absolute atomic E-state index is 12.4. The van der Waals surface area contributed by atoms with Gasteiger partial charge in [-0.2, -0.15) is 0 Å². The molecule has 0 aromatic carbocycles. The Morgan fingerprint density at radius 2 is 1.74 bits per heavy atom. The number of nitrogens with zero attached hydrogens (tertiary/aromatic N) is 3. The summed E-state index contributed by atoms with van der Waals surface area (Å²) in [6, 6.07) is 0. The zero-order valence-electron chi connectivity index (χ0n) is 19.8. The van der Waals surface area contributed by atoms with Crippen LogP contribution in [0.25, 0.3) is 0 Å². The second kappa shape index (κ2) is 13.3. The first-order valence-electron chi connectivity index (χ1n) is 11.4. The van der Waals surface area contributed by atoms with Gasteiger partial charge in [0, 0.05) is 39.3 Å². The first kappa shape index (κ1) is 27.8. The number of aliphatic imine (C=N–C) groups is 1. The van der Waals surface area contributed by atoms with Crippen molar-refractivity contribution in [3.63, 3.8) is 0 Å². The fourth-order valence-electron chi connectivity index (χ4n) is 3.93. The van der Waals surface area contributed by atoms with Crippen LogP contribution in [0.15, 0.2) is 4.99 Å². The summed E-state index contributed by atoms with van der Waals surface area (Å²) in [5.74, 6) is 1.14. The van der Waals surface area contributed by atoms with Gasteiger partial charge in [-0.05, 0) is 66.2 Å². The first-order valence-corrected chi connectivity index (χ1v) is 11.4. The van der Waals surface area contributed by atoms with Gasteiger partial charge >= 0.3 is 12.1 Å². The number of carbonyl (C=O) groups excluding carboxylic acids is 2. The first-order chi connectivity index (χ1) is 14.2. The highest BCUT2D eigenvalue weighted by atomic mass is 127. The number of rotatable bonds is 5. The van der Waals surface area contributed by atoms with Crippen LogP contribution in [0, 0.1) is 11.8 Å². The lowest BCUT2D eigenvalue weighted by atomic mass is 9.97. The van der Waals surface area contributed by atoms with Gasteiger partial charge in [0.25, 0.3) is 0 Å². The molecular formula is C22H41IN4O4. The van der Waals surface area contributed by atoms with Crippen molar-refractivity contribution >= 4 is 42.0 Å². The zero-order valence-corrected chi connectivity index (χ0v) is 22.1. The summed E-state index contributed by atoms with van der Waals surface area (Å²) in [5, 5.41) is 3.38. The molecule has 9 heteroatoms. The third kappa shape index (κ3) is 9.41. The minimum atomic E-state index is -0.476. The SMILES string of the molecule is CCNC(=NCC1CCCN(C(=O)OC(C)(C)C)C1)N1CCC(C(=O)OCC)CC1.I. The van der Waals surface area contributed by atoms with E-state index in [1.807, 2.05) is 32.6 Å². The molecule has 0 aromatic rings. The van der Waals surface area contributed by atoms with Crippen LogP contribution < -0.4 is 5.32 Å². The van der Waals surface area contributed by atoms with E-state index in [9.17, 15) is 9.59 Å². The van der Waals surface area contributed by atoms with Crippen molar-refractivity contribution in [1.82, 2.24) is 15.1 Å². The van der Waals surface area contributed by atoms with Gasteiger partial charge in [-0.25, -0.2) is 4.79 Å². The maximum atomic E-state index is 12.4. The number of likely N-dealkylation sites (tertiary alicyclic amines) is 2. The quantitative estimate of drug-likeness (QED) is 0.244. The molecule has 180 valence electrons. The highest BCUT2D eigenvalue weighted by Crippen LogP contribution is 2.21. The van der Waals surface area contributed by atoms with Gasteiger partial charge in [0.2, 0.25) is 0 Å². The van der Waals surface area contributed by atoms with Crippen LogP contribution in [0.3, 0.4) is 0 Å². The van der Waals surface area contributed by atoms with Gasteiger partial charge in [-0.3, -0.25) is 9.79 Å². The van der Waals surface area contributed by atoms with Crippen LogP contribution in [-0.4, -0.2) is 79.3 Å². The normalized spacial score (nSPS) is 20.7. The van der Waals surface area contributed by atoms with Gasteiger partial charge in [0.05, 0.1) is 12.5 Å². The average Bonchev–Trinajstić information content (AvgIpc) is 2.70. The minimum Gasteiger partial charge on any atom is -0.466 e. The van der Waals surface area contributed by atoms with Crippen molar-refractivity contribution in [1.29, 1.82) is 0 Å². The summed E-state index contributed by atoms with van der Waals surface area (Å²) < 4.78 is 10.7. The summed E-state index contributed by atoms with van der Waals surface area (Å²) in [7, 11) is 0. The van der Waals surface area contributed by atoms with Crippen molar-refractivity contribution in [3.05, 3.63) is 0 Å². The van der Waals surface area contributed by atoms with Crippen molar-refractivity contribution in [2.24, 2.45) is 16.8 Å². The van der Waals surface area contributed by atoms with Crippen molar-refractivity contribution in [2.75, 3.05) is 45.9 Å². The van der Waals surface area contributed by atoms with Crippen LogP contribution in [0.1, 0.15) is 60.3 Å².